The van der Waals surface area contributed by atoms with E-state index in [0.717, 1.165) is 19.3 Å². The zero-order valence-electron chi connectivity index (χ0n) is 21.6. The van der Waals surface area contributed by atoms with E-state index >= 15 is 0 Å². The van der Waals surface area contributed by atoms with Gasteiger partial charge >= 0.3 is 6.09 Å². The lowest BCUT2D eigenvalue weighted by atomic mass is 9.72. The molecule has 0 heterocycles. The highest BCUT2D eigenvalue weighted by Gasteiger charge is 2.40. The number of nitrogens with two attached hydrogens (primary N) is 1. The van der Waals surface area contributed by atoms with Crippen molar-refractivity contribution in [3.05, 3.63) is 60.7 Å². The molecule has 1 saturated carbocycles. The fourth-order valence-electron chi connectivity index (χ4n) is 4.93. The van der Waals surface area contributed by atoms with Gasteiger partial charge in [0.05, 0.1) is 6.10 Å². The van der Waals surface area contributed by atoms with Crippen molar-refractivity contribution in [2.24, 2.45) is 17.1 Å². The third-order valence-electron chi connectivity index (χ3n) is 6.41. The number of hydrogen-bond donors (Lipinski definition) is 2. The molecule has 1 aliphatic rings. The van der Waals surface area contributed by atoms with E-state index in [9.17, 15) is 4.79 Å². The Morgan fingerprint density at radius 2 is 1.47 bits per heavy atom. The van der Waals surface area contributed by atoms with Crippen LogP contribution in [0.25, 0.3) is 0 Å². The van der Waals surface area contributed by atoms with Crippen LogP contribution in [0, 0.1) is 11.3 Å². The second-order valence-corrected chi connectivity index (χ2v) is 14.0. The Hall–Kier alpha value is -2.15. The fraction of sp³-hybridized carbons (Fsp3) is 0.536. The summed E-state index contributed by atoms with van der Waals surface area (Å²) in [6.45, 7) is 12.4. The molecule has 186 valence electrons. The fourth-order valence-corrected chi connectivity index (χ4v) is 7.69. The van der Waals surface area contributed by atoms with Crippen molar-refractivity contribution in [2.75, 3.05) is 0 Å². The van der Waals surface area contributed by atoms with Crippen LogP contribution in [0.5, 0.6) is 0 Å². The zero-order chi connectivity index (χ0) is 24.9. The van der Waals surface area contributed by atoms with Gasteiger partial charge in [-0.25, -0.2) is 4.79 Å². The first-order chi connectivity index (χ1) is 15.9. The van der Waals surface area contributed by atoms with Gasteiger partial charge in [0.1, 0.15) is 5.60 Å². The molecule has 2 aromatic carbocycles. The highest BCUT2D eigenvalue weighted by atomic mass is 28.3. The number of carbonyl (C=O) groups is 1. The van der Waals surface area contributed by atoms with Gasteiger partial charge in [0.25, 0.3) is 0 Å². The molecular formula is C28H42N2O3Si. The molecule has 4 atom stereocenters. The molecule has 2 aromatic rings. The summed E-state index contributed by atoms with van der Waals surface area (Å²) >= 11 is 0. The Balaban J connectivity index is 1.77. The molecular weight excluding hydrogens is 440 g/mol. The SMILES string of the molecule is CC(C)(C)OC(=O)N[C@H]1CC[C@@H](C(O[SiH](c2ccccc2)c2ccccc2)C(C)(C)C)C[C@@H]1N. The molecule has 0 saturated heterocycles. The number of carbonyl (C=O) groups excluding carboxylic acids is 1. The molecule has 5 nitrogen and oxygen atoms in total. The maximum absolute atomic E-state index is 12.3. The van der Waals surface area contributed by atoms with Crippen molar-refractivity contribution in [3.63, 3.8) is 0 Å². The highest BCUT2D eigenvalue weighted by Crippen LogP contribution is 2.37. The van der Waals surface area contributed by atoms with Gasteiger partial charge in [0.2, 0.25) is 9.04 Å². The van der Waals surface area contributed by atoms with Gasteiger partial charge in [0.15, 0.2) is 0 Å². The van der Waals surface area contributed by atoms with E-state index in [1.165, 1.54) is 10.4 Å². The van der Waals surface area contributed by atoms with Crippen molar-refractivity contribution in [1.29, 1.82) is 0 Å². The van der Waals surface area contributed by atoms with Gasteiger partial charge in [-0.2, -0.15) is 0 Å². The molecule has 6 heteroatoms. The highest BCUT2D eigenvalue weighted by molar-refractivity contribution is 6.80. The maximum Gasteiger partial charge on any atom is 0.407 e. The van der Waals surface area contributed by atoms with Crippen LogP contribution >= 0.6 is 0 Å². The van der Waals surface area contributed by atoms with Crippen LogP contribution in [-0.2, 0) is 9.16 Å². The number of benzene rings is 2. The number of ether oxygens (including phenoxy) is 1. The quantitative estimate of drug-likeness (QED) is 0.611. The van der Waals surface area contributed by atoms with Crippen LogP contribution < -0.4 is 21.4 Å². The molecule has 0 aliphatic heterocycles. The summed E-state index contributed by atoms with van der Waals surface area (Å²) in [6, 6.07) is 21.0. The number of alkyl carbamates (subject to hydrolysis) is 1. The predicted molar refractivity (Wildman–Crippen MR) is 142 cm³/mol. The molecule has 3 rings (SSSR count). The Labute approximate surface area is 207 Å². The van der Waals surface area contributed by atoms with Gasteiger partial charge in [-0.15, -0.1) is 0 Å². The summed E-state index contributed by atoms with van der Waals surface area (Å²) in [5.74, 6) is 0.328. The van der Waals surface area contributed by atoms with Crippen molar-refractivity contribution >= 4 is 25.5 Å². The minimum absolute atomic E-state index is 0.0371. The van der Waals surface area contributed by atoms with E-state index in [1.54, 1.807) is 0 Å². The molecule has 0 radical (unpaired) electrons. The van der Waals surface area contributed by atoms with E-state index in [0.29, 0.717) is 5.92 Å². The molecule has 1 unspecified atom stereocenters. The third-order valence-corrected chi connectivity index (χ3v) is 8.96. The molecule has 0 spiro atoms. The summed E-state index contributed by atoms with van der Waals surface area (Å²) in [4.78, 5) is 12.3. The molecule has 34 heavy (non-hydrogen) atoms. The van der Waals surface area contributed by atoms with Crippen LogP contribution in [-0.4, -0.2) is 38.9 Å². The topological polar surface area (TPSA) is 73.6 Å². The zero-order valence-corrected chi connectivity index (χ0v) is 22.7. The van der Waals surface area contributed by atoms with Crippen LogP contribution in [0.1, 0.15) is 60.8 Å². The first kappa shape index (κ1) is 26.5. The van der Waals surface area contributed by atoms with E-state index in [4.69, 9.17) is 14.9 Å². The van der Waals surface area contributed by atoms with Crippen LogP contribution in [0.15, 0.2) is 60.7 Å². The van der Waals surface area contributed by atoms with E-state index in [1.807, 2.05) is 20.8 Å². The third kappa shape index (κ3) is 7.42. The van der Waals surface area contributed by atoms with Crippen LogP contribution in [0.3, 0.4) is 0 Å². The second-order valence-electron chi connectivity index (χ2n) is 11.6. The average Bonchev–Trinajstić information content (AvgIpc) is 2.75. The predicted octanol–water partition coefficient (Wildman–Crippen LogP) is 3.98. The Bertz CT molecular complexity index is 869. The lowest BCUT2D eigenvalue weighted by molar-refractivity contribution is 0.00988. The number of nitrogens with one attached hydrogen (secondary N) is 1. The number of amides is 1. The summed E-state index contributed by atoms with van der Waals surface area (Å²) < 4.78 is 12.6. The molecule has 3 N–H and O–H groups in total. The lowest BCUT2D eigenvalue weighted by Gasteiger charge is -2.44. The summed E-state index contributed by atoms with van der Waals surface area (Å²) in [6.07, 6.45) is 2.27. The molecule has 1 amide bonds. The largest absolute Gasteiger partial charge is 0.444 e. The lowest BCUT2D eigenvalue weighted by Crippen LogP contribution is -2.56. The summed E-state index contributed by atoms with van der Waals surface area (Å²) in [7, 11) is -1.89. The van der Waals surface area contributed by atoms with Crippen LogP contribution in [0.4, 0.5) is 4.79 Å². The van der Waals surface area contributed by atoms with Crippen LogP contribution in [0.2, 0.25) is 0 Å². The summed E-state index contributed by atoms with van der Waals surface area (Å²) in [5.41, 5.74) is 6.04. The average molecular weight is 483 g/mol. The minimum Gasteiger partial charge on any atom is -0.444 e. The standard InChI is InChI=1S/C28H42N2O3Si/c1-27(2,3)25(20-17-18-24(23(29)19-20)30-26(31)32-28(4,5)6)33-34(21-13-9-7-10-14-21)22-15-11-8-12-16-22/h7-16,20,23-25,34H,17-19,29H2,1-6H3,(H,30,31)/t20-,23+,24+,25?/m1/s1. The molecule has 0 aromatic heterocycles. The molecule has 1 fully saturated rings. The maximum atomic E-state index is 12.3. The monoisotopic (exact) mass is 482 g/mol. The van der Waals surface area contributed by atoms with E-state index in [-0.39, 0.29) is 23.6 Å². The van der Waals surface area contributed by atoms with Crippen molar-refractivity contribution in [1.82, 2.24) is 5.32 Å². The van der Waals surface area contributed by atoms with Crippen molar-refractivity contribution < 1.29 is 14.0 Å². The smallest absolute Gasteiger partial charge is 0.407 e. The Kier molecular flexibility index (Phi) is 8.60. The Morgan fingerprint density at radius 3 is 1.91 bits per heavy atom. The van der Waals surface area contributed by atoms with E-state index in [2.05, 4.69) is 86.8 Å². The van der Waals surface area contributed by atoms with Crippen molar-refractivity contribution in [3.8, 4) is 0 Å². The van der Waals surface area contributed by atoms with Gasteiger partial charge in [0, 0.05) is 12.1 Å². The number of hydrogen-bond acceptors (Lipinski definition) is 4. The number of rotatable bonds is 6. The molecule has 0 bridgehead atoms. The second kappa shape index (κ2) is 11.1. The first-order valence-corrected chi connectivity index (χ1v) is 14.1. The minimum atomic E-state index is -1.89. The normalized spacial score (nSPS) is 22.3. The van der Waals surface area contributed by atoms with Gasteiger partial charge in [-0.05, 0) is 61.7 Å². The first-order valence-electron chi connectivity index (χ1n) is 12.4. The van der Waals surface area contributed by atoms with Gasteiger partial charge in [-0.3, -0.25) is 0 Å². The molecule has 1 aliphatic carbocycles. The van der Waals surface area contributed by atoms with Gasteiger partial charge < -0.3 is 20.2 Å². The Morgan fingerprint density at radius 1 is 0.941 bits per heavy atom. The van der Waals surface area contributed by atoms with E-state index < -0.39 is 20.7 Å². The van der Waals surface area contributed by atoms with Crippen molar-refractivity contribution in [2.45, 2.75) is 84.6 Å². The summed E-state index contributed by atoms with van der Waals surface area (Å²) in [5, 5.41) is 5.57. The van der Waals surface area contributed by atoms with Gasteiger partial charge in [-0.1, -0.05) is 81.4 Å².